The smallest absolute Gasteiger partial charge is 0.344 e. The monoisotopic (exact) mass is 915 g/mol. The van der Waals surface area contributed by atoms with Crippen molar-refractivity contribution in [1.82, 2.24) is 15.2 Å². The van der Waals surface area contributed by atoms with Crippen molar-refractivity contribution in [3.8, 4) is 17.2 Å². The number of pyridine rings is 1. The fraction of sp³-hybridized carbons (Fsp3) is 0.540. The Morgan fingerprint density at radius 2 is 1.78 bits per heavy atom. The number of aromatic hydroxyl groups is 1. The predicted molar refractivity (Wildman–Crippen MR) is 252 cm³/mol. The second-order valence-corrected chi connectivity index (χ2v) is 24.6. The minimum atomic E-state index is -2.28. The van der Waals surface area contributed by atoms with Gasteiger partial charge in [0.05, 0.1) is 35.8 Å². The number of ether oxygens (including phenoxy) is 4. The number of esters is 2. The number of nitrogens with one attached hydrogen (secondary N) is 2. The Labute approximate surface area is 383 Å². The number of carbonyl (C=O) groups is 2. The summed E-state index contributed by atoms with van der Waals surface area (Å²) in [5.74, 6) is 0.718. The number of carbonyl (C=O) groups excluding carboxylic acids is 2. The van der Waals surface area contributed by atoms with Gasteiger partial charge in [0.2, 0.25) is 5.56 Å². The molecule has 0 amide bonds. The molecule has 0 spiro atoms. The third-order valence-electron chi connectivity index (χ3n) is 14.1. The van der Waals surface area contributed by atoms with Crippen LogP contribution in [0.3, 0.4) is 0 Å². The summed E-state index contributed by atoms with van der Waals surface area (Å²) >= 11 is 6.70. The number of hydrogen-bond acceptors (Lipinski definition) is 11. The Morgan fingerprint density at radius 3 is 2.48 bits per heavy atom. The second kappa shape index (κ2) is 20.4. The van der Waals surface area contributed by atoms with E-state index in [9.17, 15) is 19.5 Å². The van der Waals surface area contributed by atoms with Crippen molar-refractivity contribution >= 4 is 42.8 Å². The van der Waals surface area contributed by atoms with Crippen LogP contribution in [0.25, 0.3) is 10.9 Å². The van der Waals surface area contributed by atoms with Gasteiger partial charge in [-0.2, -0.15) is 0 Å². The van der Waals surface area contributed by atoms with Crippen molar-refractivity contribution in [2.45, 2.75) is 121 Å². The molecule has 3 aliphatic heterocycles. The number of aromatic nitrogens is 1. The number of hydrogen-bond donors (Lipinski definition) is 3. The number of aryl methyl sites for hydroxylation is 1. The summed E-state index contributed by atoms with van der Waals surface area (Å²) in [5, 5.41) is 15.0. The van der Waals surface area contributed by atoms with E-state index in [0.717, 1.165) is 86.8 Å². The molecule has 4 fully saturated rings. The van der Waals surface area contributed by atoms with E-state index >= 15 is 0 Å². The van der Waals surface area contributed by atoms with Gasteiger partial charge in [0, 0.05) is 42.7 Å². The maximum absolute atomic E-state index is 14.0. The van der Waals surface area contributed by atoms with E-state index in [1.165, 1.54) is 6.07 Å². The number of halogens is 1. The molecule has 2 atom stereocenters. The highest BCUT2D eigenvalue weighted by molar-refractivity contribution is 6.74. The highest BCUT2D eigenvalue weighted by atomic mass is 35.5. The molecule has 3 saturated heterocycles. The van der Waals surface area contributed by atoms with Crippen LogP contribution >= 0.6 is 11.6 Å². The normalized spacial score (nSPS) is 20.1. The van der Waals surface area contributed by atoms with Gasteiger partial charge in [-0.15, -0.1) is 0 Å². The van der Waals surface area contributed by atoms with E-state index in [0.29, 0.717) is 59.3 Å². The van der Waals surface area contributed by atoms with Gasteiger partial charge >= 0.3 is 11.9 Å². The quantitative estimate of drug-likeness (QED) is 0.0499. The number of phenols is 1. The molecule has 8 rings (SSSR count). The minimum Gasteiger partial charge on any atom is -0.506 e. The summed E-state index contributed by atoms with van der Waals surface area (Å²) in [7, 11) is -0.721. The molecule has 3 aromatic carbocycles. The lowest BCUT2D eigenvalue weighted by atomic mass is 9.69. The van der Waals surface area contributed by atoms with Gasteiger partial charge in [-0.25, -0.2) is 4.79 Å². The Kier molecular flexibility index (Phi) is 15.2. The van der Waals surface area contributed by atoms with Crippen LogP contribution in [0, 0.1) is 5.92 Å². The Hall–Kier alpha value is -4.40. The Morgan fingerprint density at radius 1 is 1.02 bits per heavy atom. The molecule has 0 unspecified atom stereocenters. The molecule has 0 radical (unpaired) electrons. The lowest BCUT2D eigenvalue weighted by Crippen LogP contribution is -2.53. The summed E-state index contributed by atoms with van der Waals surface area (Å²) in [6, 6.07) is 18.4. The topological polar surface area (TPSA) is 149 Å². The van der Waals surface area contributed by atoms with Crippen LogP contribution in [0.4, 0.5) is 0 Å². The summed E-state index contributed by atoms with van der Waals surface area (Å²) in [6.45, 7) is 14.7. The zero-order valence-electron chi connectivity index (χ0n) is 38.4. The zero-order chi connectivity index (χ0) is 45.6. The molecule has 2 bridgehead atoms. The average Bonchev–Trinajstić information content (AvgIpc) is 3.28. The number of H-pyrrole nitrogens is 1. The molecule has 4 heterocycles. The third kappa shape index (κ3) is 11.0. The number of nitrogens with zero attached hydrogens (tertiary/aromatic N) is 1. The van der Waals surface area contributed by atoms with E-state index in [1.54, 1.807) is 31.4 Å². The van der Waals surface area contributed by atoms with Crippen molar-refractivity contribution < 1.29 is 38.1 Å². The van der Waals surface area contributed by atoms with Crippen LogP contribution in [0.1, 0.15) is 100 Å². The molecule has 1 aliphatic carbocycles. The molecule has 4 aromatic rings. The highest BCUT2D eigenvalue weighted by Crippen LogP contribution is 2.44. The summed E-state index contributed by atoms with van der Waals surface area (Å²) < 4.78 is 30.4. The van der Waals surface area contributed by atoms with Crippen molar-refractivity contribution in [2.24, 2.45) is 5.92 Å². The van der Waals surface area contributed by atoms with Crippen LogP contribution < -0.4 is 20.3 Å². The molecule has 1 aromatic heterocycles. The number of fused-ring (bicyclic) bond motifs is 4. The van der Waals surface area contributed by atoms with E-state index in [1.807, 2.05) is 12.1 Å². The Balaban J connectivity index is 0.919. The molecule has 4 aliphatic rings. The average molecular weight is 917 g/mol. The molecule has 14 heteroatoms. The number of piperidine rings is 3. The first-order valence-electron chi connectivity index (χ1n) is 23.0. The van der Waals surface area contributed by atoms with Crippen molar-refractivity contribution in [3.05, 3.63) is 98.3 Å². The fourth-order valence-corrected chi connectivity index (χ4v) is 10.9. The SMILES string of the molecule is COc1cc(OCC(=O)OCCCc2cccc(C3(C(=O)O[C@H]4CN5CCC4CC5)CCCCC3)c2)c(Cl)cc1CNC[C@H](O[Si](C)(C)C(C)(C)C)c1ccc(O)c2[nH]c(=O)ccc12. The second-order valence-electron chi connectivity index (χ2n) is 19.4. The van der Waals surface area contributed by atoms with E-state index < -0.39 is 25.8 Å². The van der Waals surface area contributed by atoms with Gasteiger partial charge in [-0.1, -0.05) is 82.0 Å². The van der Waals surface area contributed by atoms with Gasteiger partial charge < -0.3 is 38.8 Å². The first-order chi connectivity index (χ1) is 30.6. The maximum atomic E-state index is 14.0. The fourth-order valence-electron chi connectivity index (χ4n) is 9.37. The number of aromatic amines is 1. The molecule has 12 nitrogen and oxygen atoms in total. The van der Waals surface area contributed by atoms with Crippen LogP contribution in [0.5, 0.6) is 17.2 Å². The summed E-state index contributed by atoms with van der Waals surface area (Å²) in [4.78, 5) is 44.2. The predicted octanol–water partition coefficient (Wildman–Crippen LogP) is 9.14. The first kappa shape index (κ1) is 47.6. The van der Waals surface area contributed by atoms with Crippen molar-refractivity contribution in [1.29, 1.82) is 0 Å². The van der Waals surface area contributed by atoms with Crippen LogP contribution in [-0.4, -0.2) is 87.9 Å². The molecule has 64 heavy (non-hydrogen) atoms. The van der Waals surface area contributed by atoms with E-state index in [2.05, 4.69) is 67.3 Å². The zero-order valence-corrected chi connectivity index (χ0v) is 40.1. The largest absolute Gasteiger partial charge is 0.506 e. The number of rotatable bonds is 18. The first-order valence-corrected chi connectivity index (χ1v) is 26.3. The van der Waals surface area contributed by atoms with E-state index in [4.69, 9.17) is 35.0 Å². The lowest BCUT2D eigenvalue weighted by molar-refractivity contribution is -0.167. The summed E-state index contributed by atoms with van der Waals surface area (Å²) in [6.07, 6.45) is 7.89. The molecule has 346 valence electrons. The lowest BCUT2D eigenvalue weighted by Gasteiger charge is -2.45. The van der Waals surface area contributed by atoms with Crippen LogP contribution in [-0.2, 0) is 41.9 Å². The number of phenolic OH excluding ortho intramolecular Hbond substituents is 1. The van der Waals surface area contributed by atoms with Gasteiger partial charge in [0.15, 0.2) is 14.9 Å². The molecular formula is C50H66ClN3O9Si. The van der Waals surface area contributed by atoms with Gasteiger partial charge in [-0.05, 0) is 111 Å². The van der Waals surface area contributed by atoms with Gasteiger partial charge in [0.1, 0.15) is 23.4 Å². The summed E-state index contributed by atoms with van der Waals surface area (Å²) in [5.41, 5.74) is 3.22. The molecule has 3 N–H and O–H groups in total. The molecule has 1 saturated carbocycles. The number of methoxy groups -OCH3 is 1. The minimum absolute atomic E-state index is 0.00845. The Bertz CT molecular complexity index is 2330. The number of benzene rings is 3. The van der Waals surface area contributed by atoms with E-state index in [-0.39, 0.29) is 41.6 Å². The van der Waals surface area contributed by atoms with Gasteiger partial charge in [-0.3, -0.25) is 14.5 Å². The van der Waals surface area contributed by atoms with Crippen LogP contribution in [0.2, 0.25) is 23.2 Å². The van der Waals surface area contributed by atoms with Crippen LogP contribution in [0.15, 0.2) is 65.5 Å². The van der Waals surface area contributed by atoms with Crippen molar-refractivity contribution in [3.63, 3.8) is 0 Å². The van der Waals surface area contributed by atoms with Crippen molar-refractivity contribution in [2.75, 3.05) is 46.5 Å². The van der Waals surface area contributed by atoms with Gasteiger partial charge in [0.25, 0.3) is 0 Å². The molecular weight excluding hydrogens is 850 g/mol. The standard InChI is InChI=1S/C50H66ClN3O9Si/c1-49(2,3)64(5,6)63-43(37-15-17-40(55)47-38(37)16-18-45(56)53-47)30-52-29-35-27-39(51)42(28-41(35)59-4)61-32-46(57)60-25-11-13-33-12-10-14-36(26-33)50(21-8-7-9-22-50)48(58)62-44-31-54-23-19-34(44)20-24-54/h10,12,14-18,26-28,34,43-44,52,55H,7-9,11,13,19-25,29-32H2,1-6H3,(H,53,56)/t43-,44-/m0/s1. The highest BCUT2D eigenvalue weighted by Gasteiger charge is 2.46. The third-order valence-corrected chi connectivity index (χ3v) is 18.9. The maximum Gasteiger partial charge on any atom is 0.344 e.